The van der Waals surface area contributed by atoms with E-state index >= 15 is 0 Å². The van der Waals surface area contributed by atoms with Crippen LogP contribution in [0.3, 0.4) is 0 Å². The van der Waals surface area contributed by atoms with Crippen LogP contribution in [0.5, 0.6) is 0 Å². The Bertz CT molecular complexity index is 1180. The van der Waals surface area contributed by atoms with E-state index in [1.54, 1.807) is 36.2 Å². The number of anilines is 4. The third kappa shape index (κ3) is 11.1. The molecule has 0 saturated carbocycles. The highest BCUT2D eigenvalue weighted by atomic mass is 16.6. The number of rotatable bonds is 13. The lowest BCUT2D eigenvalue weighted by atomic mass is 10.1. The van der Waals surface area contributed by atoms with Crippen molar-refractivity contribution >= 4 is 34.9 Å². The fraction of sp³-hybridized carbons (Fsp3) is 0.562. The summed E-state index contributed by atoms with van der Waals surface area (Å²) in [7, 11) is 7.15. The van der Waals surface area contributed by atoms with Crippen LogP contribution in [0.1, 0.15) is 41.5 Å². The number of hydrazine groups is 2. The number of hydrogen-bond donors (Lipinski definition) is 4. The Balaban J connectivity index is 2.53. The summed E-state index contributed by atoms with van der Waals surface area (Å²) in [5.41, 5.74) is 13.7. The molecule has 0 aliphatic carbocycles. The number of carbonyl (C=O) groups is 2. The molecule has 2 aromatic rings. The minimum absolute atomic E-state index is 0.329. The van der Waals surface area contributed by atoms with Crippen molar-refractivity contribution in [2.45, 2.75) is 65.1 Å². The molecule has 0 radical (unpaired) electrons. The fourth-order valence-corrected chi connectivity index (χ4v) is 4.64. The summed E-state index contributed by atoms with van der Waals surface area (Å²) in [6.07, 6.45) is -2.19. The van der Waals surface area contributed by atoms with E-state index in [2.05, 4.69) is 0 Å². The van der Waals surface area contributed by atoms with Crippen LogP contribution in [0, 0.1) is 0 Å². The molecular formula is C32H56N10O4. The molecule has 14 nitrogen and oxygen atoms in total. The average molecular weight is 645 g/mol. The molecule has 0 saturated heterocycles. The Kier molecular flexibility index (Phi) is 13.3. The van der Waals surface area contributed by atoms with Gasteiger partial charge in [-0.3, -0.25) is 19.8 Å². The van der Waals surface area contributed by atoms with Gasteiger partial charge in [-0.05, 0) is 79.9 Å². The van der Waals surface area contributed by atoms with Gasteiger partial charge in [-0.1, -0.05) is 24.3 Å². The van der Waals surface area contributed by atoms with Crippen molar-refractivity contribution in [3.8, 4) is 0 Å². The first-order valence-corrected chi connectivity index (χ1v) is 15.3. The first-order chi connectivity index (χ1) is 21.2. The number of benzene rings is 2. The second kappa shape index (κ2) is 16.0. The molecule has 2 rings (SSSR count). The Hall–Kier alpha value is -3.98. The molecule has 0 aromatic heterocycles. The van der Waals surface area contributed by atoms with Gasteiger partial charge >= 0.3 is 12.2 Å². The fourth-order valence-electron chi connectivity index (χ4n) is 4.64. The van der Waals surface area contributed by atoms with Gasteiger partial charge in [0.15, 0.2) is 0 Å². The second-order valence-electron chi connectivity index (χ2n) is 13.5. The van der Waals surface area contributed by atoms with Gasteiger partial charge in [-0.25, -0.2) is 21.3 Å². The Labute approximate surface area is 274 Å². The second-order valence-corrected chi connectivity index (χ2v) is 13.5. The van der Waals surface area contributed by atoms with E-state index in [4.69, 9.17) is 32.6 Å². The normalized spacial score (nSPS) is 13.3. The molecule has 2 amide bonds. The van der Waals surface area contributed by atoms with Crippen molar-refractivity contribution in [1.29, 1.82) is 0 Å². The van der Waals surface area contributed by atoms with Gasteiger partial charge in [0.2, 0.25) is 0 Å². The maximum absolute atomic E-state index is 12.7. The summed E-state index contributed by atoms with van der Waals surface area (Å²) < 4.78 is 11.1. The summed E-state index contributed by atoms with van der Waals surface area (Å²) >= 11 is 0. The molecule has 0 spiro atoms. The Morgan fingerprint density at radius 3 is 1.20 bits per heavy atom. The summed E-state index contributed by atoms with van der Waals surface area (Å²) in [6.45, 7) is 12.4. The third-order valence-corrected chi connectivity index (χ3v) is 7.16. The molecular weight excluding hydrogens is 588 g/mol. The van der Waals surface area contributed by atoms with Crippen LogP contribution >= 0.6 is 0 Å². The van der Waals surface area contributed by atoms with Crippen LogP contribution in [-0.2, 0) is 9.47 Å². The van der Waals surface area contributed by atoms with Crippen LogP contribution in [-0.4, -0.2) is 110 Å². The van der Waals surface area contributed by atoms with Crippen molar-refractivity contribution in [2.24, 2.45) is 11.7 Å². The molecule has 0 fully saturated rings. The highest BCUT2D eigenvalue weighted by Crippen LogP contribution is 2.29. The molecule has 0 aliphatic heterocycles. The first kappa shape index (κ1) is 38.2. The van der Waals surface area contributed by atoms with Crippen molar-refractivity contribution in [3.05, 3.63) is 48.5 Å². The number of likely N-dealkylation sites (N-methyl/N-ethyl adjacent to an activating group) is 4. The minimum atomic E-state index is -0.654. The van der Waals surface area contributed by atoms with Crippen molar-refractivity contribution < 1.29 is 19.1 Å². The lowest BCUT2D eigenvalue weighted by molar-refractivity contribution is 0.0231. The van der Waals surface area contributed by atoms with Crippen LogP contribution in [0.2, 0.25) is 0 Å². The minimum Gasteiger partial charge on any atom is -0.444 e. The maximum atomic E-state index is 12.7. The van der Waals surface area contributed by atoms with E-state index in [9.17, 15) is 9.59 Å². The molecule has 46 heavy (non-hydrogen) atoms. The van der Waals surface area contributed by atoms with Gasteiger partial charge in [0.05, 0.1) is 22.7 Å². The number of ether oxygens (including phenoxy) is 2. The molecule has 2 atom stereocenters. The van der Waals surface area contributed by atoms with E-state index in [1.165, 1.54) is 9.80 Å². The number of nitrogen functional groups attached to an aromatic ring is 2. The van der Waals surface area contributed by atoms with Gasteiger partial charge in [0, 0.05) is 40.3 Å². The summed E-state index contributed by atoms with van der Waals surface area (Å²) in [5.74, 6) is 13.9. The molecule has 0 aliphatic rings. The van der Waals surface area contributed by atoms with E-state index in [0.717, 1.165) is 0 Å². The molecule has 8 N–H and O–H groups in total. The molecule has 0 heterocycles. The molecule has 14 heteroatoms. The standard InChI is InChI=1S/C32H56N10O4/c1-31(2,3)45-29(43)39(9)21-19-37(7)27(41(35)25-17-13-11-15-23(25)33)28(42(36)26-18-14-12-16-24(26)34)38(8)20-22-40(10)30(44)46-32(4,5)6/h11-18,27-28H,19-22,33-36H2,1-10H3. The average Bonchev–Trinajstić information content (AvgIpc) is 2.95. The predicted octanol–water partition coefficient (Wildman–Crippen LogP) is 3.16. The summed E-state index contributed by atoms with van der Waals surface area (Å²) in [5, 5.41) is 3.14. The van der Waals surface area contributed by atoms with Crippen LogP contribution in [0.25, 0.3) is 0 Å². The van der Waals surface area contributed by atoms with Crippen molar-refractivity contribution in [3.63, 3.8) is 0 Å². The largest absolute Gasteiger partial charge is 0.444 e. The highest BCUT2D eigenvalue weighted by molar-refractivity contribution is 5.70. The van der Waals surface area contributed by atoms with Crippen molar-refractivity contribution in [2.75, 3.05) is 75.9 Å². The predicted molar refractivity (Wildman–Crippen MR) is 186 cm³/mol. The summed E-state index contributed by atoms with van der Waals surface area (Å²) in [6, 6.07) is 14.6. The smallest absolute Gasteiger partial charge is 0.410 e. The molecule has 2 unspecified atom stereocenters. The van der Waals surface area contributed by atoms with Crippen LogP contribution < -0.4 is 33.2 Å². The lowest BCUT2D eigenvalue weighted by Gasteiger charge is -2.48. The molecule has 0 bridgehead atoms. The van der Waals surface area contributed by atoms with Gasteiger partial charge in [0.25, 0.3) is 0 Å². The Morgan fingerprint density at radius 2 is 0.913 bits per heavy atom. The van der Waals surface area contributed by atoms with Gasteiger partial charge in [-0.2, -0.15) is 0 Å². The number of amides is 2. The van der Waals surface area contributed by atoms with Crippen LogP contribution in [0.4, 0.5) is 32.3 Å². The number of hydrogen-bond acceptors (Lipinski definition) is 12. The third-order valence-electron chi connectivity index (χ3n) is 7.16. The topological polar surface area (TPSA) is 176 Å². The lowest BCUT2D eigenvalue weighted by Crippen LogP contribution is -2.69. The molecule has 2 aromatic carbocycles. The number of nitrogens with two attached hydrogens (primary N) is 4. The van der Waals surface area contributed by atoms with E-state index < -0.39 is 35.7 Å². The highest BCUT2D eigenvalue weighted by Gasteiger charge is 2.38. The van der Waals surface area contributed by atoms with Crippen LogP contribution in [0.15, 0.2) is 48.5 Å². The molecule has 258 valence electrons. The van der Waals surface area contributed by atoms with Gasteiger partial charge in [0.1, 0.15) is 23.5 Å². The SMILES string of the molecule is CN(CCN(C)C(C(N(C)CCN(C)C(=O)OC(C)(C)C)N(N)c1ccccc1N)N(N)c1ccccc1N)C(=O)OC(C)(C)C. The Morgan fingerprint density at radius 1 is 0.609 bits per heavy atom. The monoisotopic (exact) mass is 644 g/mol. The maximum Gasteiger partial charge on any atom is 0.410 e. The summed E-state index contributed by atoms with van der Waals surface area (Å²) in [4.78, 5) is 32.5. The van der Waals surface area contributed by atoms with E-state index in [1.807, 2.05) is 102 Å². The quantitative estimate of drug-likeness (QED) is 0.109. The number of carbonyl (C=O) groups excluding carboxylic acids is 2. The van der Waals surface area contributed by atoms with E-state index in [0.29, 0.717) is 48.9 Å². The number of para-hydroxylation sites is 4. The van der Waals surface area contributed by atoms with E-state index in [-0.39, 0.29) is 0 Å². The zero-order chi connectivity index (χ0) is 35.0. The zero-order valence-corrected chi connectivity index (χ0v) is 29.2. The first-order valence-electron chi connectivity index (χ1n) is 15.3. The zero-order valence-electron chi connectivity index (χ0n) is 29.2. The van der Waals surface area contributed by atoms with Gasteiger partial charge < -0.3 is 30.7 Å². The number of nitrogens with zero attached hydrogens (tertiary/aromatic N) is 6. The van der Waals surface area contributed by atoms with Gasteiger partial charge in [-0.15, -0.1) is 0 Å². The van der Waals surface area contributed by atoms with Crippen molar-refractivity contribution in [1.82, 2.24) is 19.6 Å².